The summed E-state index contributed by atoms with van der Waals surface area (Å²) < 4.78 is 22.8. The molecular weight excluding hydrogens is 382 g/mol. The molecule has 2 rings (SSSR count). The van der Waals surface area contributed by atoms with E-state index in [1.54, 1.807) is 18.2 Å². The first-order chi connectivity index (χ1) is 12.2. The van der Waals surface area contributed by atoms with Crippen molar-refractivity contribution in [3.63, 3.8) is 0 Å². The van der Waals surface area contributed by atoms with Gasteiger partial charge in [-0.1, -0.05) is 17.7 Å². The van der Waals surface area contributed by atoms with Crippen LogP contribution < -0.4 is 10.6 Å². The first-order valence-corrected chi connectivity index (χ1v) is 10.2. The van der Waals surface area contributed by atoms with E-state index < -0.39 is 27.7 Å². The van der Waals surface area contributed by atoms with Gasteiger partial charge >= 0.3 is 0 Å². The highest BCUT2D eigenvalue weighted by molar-refractivity contribution is 7.91. The molecule has 1 aliphatic rings. The van der Waals surface area contributed by atoms with E-state index in [0.29, 0.717) is 10.6 Å². The number of benzene rings is 1. The van der Waals surface area contributed by atoms with Gasteiger partial charge in [-0.2, -0.15) is 0 Å². The summed E-state index contributed by atoms with van der Waals surface area (Å²) in [4.78, 5) is 37.5. The van der Waals surface area contributed by atoms with E-state index in [4.69, 9.17) is 11.6 Å². The topological polar surface area (TPSA) is 113 Å². The van der Waals surface area contributed by atoms with Crippen molar-refractivity contribution in [1.82, 2.24) is 15.5 Å². The van der Waals surface area contributed by atoms with Crippen LogP contribution in [0, 0.1) is 0 Å². The van der Waals surface area contributed by atoms with Gasteiger partial charge in [-0.15, -0.1) is 0 Å². The minimum atomic E-state index is -3.08. The van der Waals surface area contributed by atoms with Gasteiger partial charge in [0.15, 0.2) is 9.84 Å². The highest BCUT2D eigenvalue weighted by Gasteiger charge is 2.28. The average Bonchev–Trinajstić information content (AvgIpc) is 2.59. The third-order valence-electron chi connectivity index (χ3n) is 3.90. The molecule has 0 radical (unpaired) electrons. The van der Waals surface area contributed by atoms with Crippen molar-refractivity contribution in [2.45, 2.75) is 13.0 Å². The number of halogens is 1. The molecule has 0 saturated carbocycles. The largest absolute Gasteiger partial charge is 0.343 e. The number of carbonyl (C=O) groups excluding carboxylic acids is 3. The van der Waals surface area contributed by atoms with Gasteiger partial charge in [-0.05, 0) is 25.1 Å². The normalized spacial score (nSPS) is 17.2. The molecule has 3 amide bonds. The number of rotatable bonds is 5. The maximum Gasteiger partial charge on any atom is 0.251 e. The minimum Gasteiger partial charge on any atom is -0.343 e. The molecule has 26 heavy (non-hydrogen) atoms. The van der Waals surface area contributed by atoms with Crippen LogP contribution in [-0.4, -0.2) is 68.2 Å². The van der Waals surface area contributed by atoms with Gasteiger partial charge in [-0.3, -0.25) is 14.4 Å². The summed E-state index contributed by atoms with van der Waals surface area (Å²) in [6.45, 7) is 1.46. The van der Waals surface area contributed by atoms with Crippen molar-refractivity contribution in [3.8, 4) is 0 Å². The van der Waals surface area contributed by atoms with Crippen molar-refractivity contribution < 1.29 is 22.8 Å². The van der Waals surface area contributed by atoms with Crippen LogP contribution in [0.15, 0.2) is 24.3 Å². The smallest absolute Gasteiger partial charge is 0.251 e. The zero-order valence-corrected chi connectivity index (χ0v) is 15.8. The van der Waals surface area contributed by atoms with Crippen molar-refractivity contribution in [3.05, 3.63) is 34.9 Å². The molecule has 0 aliphatic carbocycles. The van der Waals surface area contributed by atoms with Crippen LogP contribution in [0.5, 0.6) is 0 Å². The SMILES string of the molecule is CC(NC(=O)CNC(=O)c1cccc(Cl)c1)C(=O)N1CCS(=O)(=O)CC1. The van der Waals surface area contributed by atoms with E-state index in [9.17, 15) is 22.8 Å². The molecular formula is C16H20ClN3O5S. The third-order valence-corrected chi connectivity index (χ3v) is 5.74. The predicted molar refractivity (Wildman–Crippen MR) is 96.6 cm³/mol. The fourth-order valence-electron chi connectivity index (χ4n) is 2.45. The highest BCUT2D eigenvalue weighted by atomic mass is 35.5. The lowest BCUT2D eigenvalue weighted by molar-refractivity contribution is -0.135. The fourth-order valence-corrected chi connectivity index (χ4v) is 3.84. The third kappa shape index (κ3) is 5.70. The monoisotopic (exact) mass is 401 g/mol. The quantitative estimate of drug-likeness (QED) is 0.711. The van der Waals surface area contributed by atoms with Crippen molar-refractivity contribution in [2.75, 3.05) is 31.1 Å². The molecule has 2 N–H and O–H groups in total. The first-order valence-electron chi connectivity index (χ1n) is 8.00. The second-order valence-corrected chi connectivity index (χ2v) is 8.70. The Bertz CT molecular complexity index is 798. The molecule has 1 aliphatic heterocycles. The minimum absolute atomic E-state index is 0.0743. The highest BCUT2D eigenvalue weighted by Crippen LogP contribution is 2.10. The van der Waals surface area contributed by atoms with Crippen LogP contribution >= 0.6 is 11.6 Å². The molecule has 1 atom stereocenters. The number of carbonyl (C=O) groups is 3. The summed E-state index contributed by atoms with van der Waals surface area (Å²) in [7, 11) is -3.08. The zero-order valence-electron chi connectivity index (χ0n) is 14.2. The maximum absolute atomic E-state index is 12.3. The van der Waals surface area contributed by atoms with Gasteiger partial charge in [0.25, 0.3) is 5.91 Å². The molecule has 0 aromatic heterocycles. The van der Waals surface area contributed by atoms with Gasteiger partial charge in [0.2, 0.25) is 11.8 Å². The molecule has 10 heteroatoms. The predicted octanol–water partition coefficient (Wildman–Crippen LogP) is -0.168. The van der Waals surface area contributed by atoms with Crippen molar-refractivity contribution in [1.29, 1.82) is 0 Å². The lowest BCUT2D eigenvalue weighted by Crippen LogP contribution is -2.52. The molecule has 1 unspecified atom stereocenters. The Morgan fingerprint density at radius 2 is 1.88 bits per heavy atom. The van der Waals surface area contributed by atoms with Gasteiger partial charge in [0, 0.05) is 23.7 Å². The molecule has 1 saturated heterocycles. The molecule has 0 spiro atoms. The molecule has 1 heterocycles. The second kappa shape index (κ2) is 8.50. The molecule has 1 aromatic rings. The number of hydrogen-bond donors (Lipinski definition) is 2. The van der Waals surface area contributed by atoms with Crippen LogP contribution in [0.25, 0.3) is 0 Å². The number of nitrogens with zero attached hydrogens (tertiary/aromatic N) is 1. The number of nitrogens with one attached hydrogen (secondary N) is 2. The Hall–Kier alpha value is -2.13. The van der Waals surface area contributed by atoms with Crippen LogP contribution in [-0.2, 0) is 19.4 Å². The molecule has 1 fully saturated rings. The maximum atomic E-state index is 12.3. The summed E-state index contributed by atoms with van der Waals surface area (Å²) in [6, 6.07) is 5.48. The lowest BCUT2D eigenvalue weighted by Gasteiger charge is -2.29. The summed E-state index contributed by atoms with van der Waals surface area (Å²) in [6.07, 6.45) is 0. The molecule has 1 aromatic carbocycles. The summed E-state index contributed by atoms with van der Waals surface area (Å²) in [5, 5.41) is 5.35. The Balaban J connectivity index is 1.79. The lowest BCUT2D eigenvalue weighted by atomic mass is 10.2. The number of amides is 3. The van der Waals surface area contributed by atoms with Crippen molar-refractivity contribution in [2.24, 2.45) is 0 Å². The molecule has 0 bridgehead atoms. The van der Waals surface area contributed by atoms with Gasteiger partial charge in [-0.25, -0.2) is 8.42 Å². The Morgan fingerprint density at radius 3 is 2.50 bits per heavy atom. The van der Waals surface area contributed by atoms with Crippen LogP contribution in [0.2, 0.25) is 5.02 Å². The summed E-state index contributed by atoms with van der Waals surface area (Å²) in [5.74, 6) is -1.48. The van der Waals surface area contributed by atoms with E-state index in [0.717, 1.165) is 0 Å². The average molecular weight is 402 g/mol. The Kier molecular flexibility index (Phi) is 6.60. The Morgan fingerprint density at radius 1 is 1.23 bits per heavy atom. The van der Waals surface area contributed by atoms with Gasteiger partial charge < -0.3 is 15.5 Å². The van der Waals surface area contributed by atoms with Gasteiger partial charge in [0.05, 0.1) is 18.1 Å². The fraction of sp³-hybridized carbons (Fsp3) is 0.438. The van der Waals surface area contributed by atoms with E-state index in [1.807, 2.05) is 0 Å². The van der Waals surface area contributed by atoms with Crippen LogP contribution in [0.4, 0.5) is 0 Å². The molecule has 8 nitrogen and oxygen atoms in total. The van der Waals surface area contributed by atoms with Crippen molar-refractivity contribution >= 4 is 39.2 Å². The van der Waals surface area contributed by atoms with Crippen LogP contribution in [0.3, 0.4) is 0 Å². The first kappa shape index (κ1) is 20.2. The van der Waals surface area contributed by atoms with Gasteiger partial charge in [0.1, 0.15) is 6.04 Å². The zero-order chi connectivity index (χ0) is 19.3. The van der Waals surface area contributed by atoms with E-state index in [2.05, 4.69) is 10.6 Å². The number of sulfone groups is 1. The summed E-state index contributed by atoms with van der Waals surface area (Å²) >= 11 is 5.81. The van der Waals surface area contributed by atoms with E-state index >= 15 is 0 Å². The summed E-state index contributed by atoms with van der Waals surface area (Å²) in [5.41, 5.74) is 0.323. The second-order valence-electron chi connectivity index (χ2n) is 5.96. The van der Waals surface area contributed by atoms with Crippen LogP contribution in [0.1, 0.15) is 17.3 Å². The molecule has 142 valence electrons. The van der Waals surface area contributed by atoms with E-state index in [-0.39, 0.29) is 37.0 Å². The Labute approximate surface area is 156 Å². The number of hydrogen-bond acceptors (Lipinski definition) is 5. The van der Waals surface area contributed by atoms with E-state index in [1.165, 1.54) is 17.9 Å². The standard InChI is InChI=1S/C16H20ClN3O5S/c1-11(16(23)20-5-7-26(24,25)8-6-20)19-14(21)10-18-15(22)12-3-2-4-13(17)9-12/h2-4,9,11H,5-8,10H2,1H3,(H,18,22)(H,19,21).